The number of amides is 2. The van der Waals surface area contributed by atoms with Crippen molar-refractivity contribution in [3.8, 4) is 5.75 Å². The van der Waals surface area contributed by atoms with Crippen molar-refractivity contribution in [2.75, 3.05) is 12.4 Å². The van der Waals surface area contributed by atoms with Gasteiger partial charge >= 0.3 is 0 Å². The van der Waals surface area contributed by atoms with Gasteiger partial charge in [-0.1, -0.05) is 51.1 Å². The normalized spacial score (nSPS) is 14.3. The molecule has 1 aromatic heterocycles. The number of ether oxygens (including phenoxy) is 1. The van der Waals surface area contributed by atoms with Crippen molar-refractivity contribution in [3.63, 3.8) is 0 Å². The summed E-state index contributed by atoms with van der Waals surface area (Å²) in [5.41, 5.74) is 3.59. The highest BCUT2D eigenvalue weighted by Crippen LogP contribution is 2.34. The second kappa shape index (κ2) is 8.63. The van der Waals surface area contributed by atoms with Crippen LogP contribution in [0.5, 0.6) is 5.75 Å². The predicted molar refractivity (Wildman–Crippen MR) is 129 cm³/mol. The average Bonchev–Trinajstić information content (AvgIpc) is 3.37. The SMILES string of the molecule is COc1ccc(CN2C(=O)C(Nc3ccc(C(C)(C)C)cc3)=C(c3cccs3)C2=O)cc1. The van der Waals surface area contributed by atoms with Gasteiger partial charge in [0.05, 0.1) is 19.2 Å². The first-order valence-electron chi connectivity index (χ1n) is 10.4. The molecule has 3 aromatic rings. The Balaban J connectivity index is 1.64. The summed E-state index contributed by atoms with van der Waals surface area (Å²) in [7, 11) is 1.60. The highest BCUT2D eigenvalue weighted by molar-refractivity contribution is 7.11. The second-order valence-electron chi connectivity index (χ2n) is 8.72. The lowest BCUT2D eigenvalue weighted by atomic mass is 9.87. The lowest BCUT2D eigenvalue weighted by molar-refractivity contribution is -0.137. The summed E-state index contributed by atoms with van der Waals surface area (Å²) in [6, 6.07) is 19.1. The van der Waals surface area contributed by atoms with Gasteiger partial charge in [0.2, 0.25) is 0 Å². The summed E-state index contributed by atoms with van der Waals surface area (Å²) in [6.45, 7) is 6.67. The number of anilines is 1. The summed E-state index contributed by atoms with van der Waals surface area (Å²) < 4.78 is 5.20. The van der Waals surface area contributed by atoms with E-state index in [0.29, 0.717) is 11.3 Å². The van der Waals surface area contributed by atoms with Gasteiger partial charge in [-0.2, -0.15) is 0 Å². The third kappa shape index (κ3) is 4.32. The van der Waals surface area contributed by atoms with Gasteiger partial charge < -0.3 is 10.1 Å². The number of methoxy groups -OCH3 is 1. The van der Waals surface area contributed by atoms with E-state index in [2.05, 4.69) is 26.1 Å². The molecule has 0 radical (unpaired) electrons. The van der Waals surface area contributed by atoms with E-state index in [9.17, 15) is 9.59 Å². The Morgan fingerprint density at radius 3 is 2.19 bits per heavy atom. The first-order chi connectivity index (χ1) is 15.3. The van der Waals surface area contributed by atoms with Crippen LogP contribution in [0, 0.1) is 0 Å². The maximum Gasteiger partial charge on any atom is 0.278 e. The molecule has 6 heteroatoms. The molecule has 0 spiro atoms. The van der Waals surface area contributed by atoms with Gasteiger partial charge in [0.15, 0.2) is 0 Å². The Labute approximate surface area is 192 Å². The van der Waals surface area contributed by atoms with Crippen LogP contribution in [0.4, 0.5) is 5.69 Å². The van der Waals surface area contributed by atoms with Crippen LogP contribution in [0.25, 0.3) is 5.57 Å². The van der Waals surface area contributed by atoms with Crippen LogP contribution < -0.4 is 10.1 Å². The van der Waals surface area contributed by atoms with Crippen molar-refractivity contribution in [1.29, 1.82) is 0 Å². The number of nitrogens with zero attached hydrogens (tertiary/aromatic N) is 1. The van der Waals surface area contributed by atoms with Crippen LogP contribution in [0.2, 0.25) is 0 Å². The molecule has 0 bridgehead atoms. The van der Waals surface area contributed by atoms with Crippen molar-refractivity contribution in [1.82, 2.24) is 4.90 Å². The monoisotopic (exact) mass is 446 g/mol. The molecule has 0 aliphatic carbocycles. The Bertz CT molecular complexity index is 1160. The fraction of sp³-hybridized carbons (Fsp3) is 0.231. The lowest BCUT2D eigenvalue weighted by Crippen LogP contribution is -2.31. The van der Waals surface area contributed by atoms with Crippen LogP contribution in [-0.2, 0) is 21.5 Å². The number of rotatable bonds is 6. The highest BCUT2D eigenvalue weighted by Gasteiger charge is 2.39. The standard InChI is InChI=1S/C26H26N2O3S/c1-26(2,3)18-9-11-19(12-10-18)27-23-22(21-6-5-15-32-21)24(29)28(25(23)30)16-17-7-13-20(31-4)14-8-17/h5-15,27H,16H2,1-4H3. The molecule has 0 saturated heterocycles. The van der Waals surface area contributed by atoms with E-state index in [1.54, 1.807) is 7.11 Å². The van der Waals surface area contributed by atoms with Gasteiger partial charge in [0, 0.05) is 10.6 Å². The van der Waals surface area contributed by atoms with Crippen LogP contribution in [-0.4, -0.2) is 23.8 Å². The maximum absolute atomic E-state index is 13.3. The molecule has 2 aromatic carbocycles. The van der Waals surface area contributed by atoms with Crippen molar-refractivity contribution < 1.29 is 14.3 Å². The number of thiophene rings is 1. The largest absolute Gasteiger partial charge is 0.497 e. The van der Waals surface area contributed by atoms with Gasteiger partial charge in [-0.05, 0) is 52.3 Å². The minimum atomic E-state index is -0.325. The highest BCUT2D eigenvalue weighted by atomic mass is 32.1. The Morgan fingerprint density at radius 1 is 0.938 bits per heavy atom. The number of nitrogens with one attached hydrogen (secondary N) is 1. The molecule has 0 fully saturated rings. The smallest absolute Gasteiger partial charge is 0.278 e. The molecule has 0 saturated carbocycles. The van der Waals surface area contributed by atoms with Crippen LogP contribution in [0.1, 0.15) is 36.8 Å². The molecule has 1 aliphatic heterocycles. The first-order valence-corrected chi connectivity index (χ1v) is 11.3. The van der Waals surface area contributed by atoms with E-state index in [1.807, 2.05) is 66.0 Å². The van der Waals surface area contributed by atoms with Crippen molar-refractivity contribution in [3.05, 3.63) is 87.7 Å². The Hall–Kier alpha value is -3.38. The quantitative estimate of drug-likeness (QED) is 0.512. The number of imide groups is 1. The molecular formula is C26H26N2O3S. The molecule has 5 nitrogen and oxygen atoms in total. The zero-order valence-corrected chi connectivity index (χ0v) is 19.5. The zero-order valence-electron chi connectivity index (χ0n) is 18.6. The van der Waals surface area contributed by atoms with Crippen LogP contribution in [0.15, 0.2) is 71.7 Å². The summed E-state index contributed by atoms with van der Waals surface area (Å²) in [5, 5.41) is 5.13. The zero-order chi connectivity index (χ0) is 22.9. The summed E-state index contributed by atoms with van der Waals surface area (Å²) in [5.74, 6) is 0.113. The molecule has 4 rings (SSSR count). The molecule has 2 amide bonds. The van der Waals surface area contributed by atoms with Crippen LogP contribution in [0.3, 0.4) is 0 Å². The Morgan fingerprint density at radius 2 is 1.62 bits per heavy atom. The molecule has 0 unspecified atom stereocenters. The minimum Gasteiger partial charge on any atom is -0.497 e. The lowest BCUT2D eigenvalue weighted by Gasteiger charge is -2.19. The molecule has 2 heterocycles. The predicted octanol–water partition coefficient (Wildman–Crippen LogP) is 5.45. The second-order valence-corrected chi connectivity index (χ2v) is 9.67. The van der Waals surface area contributed by atoms with E-state index < -0.39 is 0 Å². The van der Waals surface area contributed by atoms with E-state index in [1.165, 1.54) is 21.8 Å². The number of hydrogen-bond acceptors (Lipinski definition) is 5. The Kier molecular flexibility index (Phi) is 5.89. The molecular weight excluding hydrogens is 420 g/mol. The third-order valence-electron chi connectivity index (χ3n) is 5.46. The fourth-order valence-corrected chi connectivity index (χ4v) is 4.36. The fourth-order valence-electron chi connectivity index (χ4n) is 3.60. The van der Waals surface area contributed by atoms with E-state index >= 15 is 0 Å². The molecule has 0 atom stereocenters. The number of carbonyl (C=O) groups is 2. The molecule has 164 valence electrons. The average molecular weight is 447 g/mol. The molecule has 1 aliphatic rings. The number of carbonyl (C=O) groups excluding carboxylic acids is 2. The summed E-state index contributed by atoms with van der Waals surface area (Å²) >= 11 is 1.45. The maximum atomic E-state index is 13.3. The van der Waals surface area contributed by atoms with Gasteiger partial charge in [0.25, 0.3) is 11.8 Å². The molecule has 1 N–H and O–H groups in total. The number of benzene rings is 2. The van der Waals surface area contributed by atoms with E-state index in [0.717, 1.165) is 21.9 Å². The van der Waals surface area contributed by atoms with Gasteiger partial charge in [0.1, 0.15) is 11.4 Å². The minimum absolute atomic E-state index is 0.0359. The van der Waals surface area contributed by atoms with E-state index in [4.69, 9.17) is 4.74 Å². The van der Waals surface area contributed by atoms with Crippen LogP contribution >= 0.6 is 11.3 Å². The first kappa shape index (κ1) is 21.8. The van der Waals surface area contributed by atoms with Crippen molar-refractivity contribution in [2.24, 2.45) is 0 Å². The summed E-state index contributed by atoms with van der Waals surface area (Å²) in [4.78, 5) is 28.7. The topological polar surface area (TPSA) is 58.6 Å². The van der Waals surface area contributed by atoms with Gasteiger partial charge in [-0.15, -0.1) is 11.3 Å². The van der Waals surface area contributed by atoms with Gasteiger partial charge in [-0.3, -0.25) is 14.5 Å². The third-order valence-corrected chi connectivity index (χ3v) is 6.34. The summed E-state index contributed by atoms with van der Waals surface area (Å²) in [6.07, 6.45) is 0. The molecule has 32 heavy (non-hydrogen) atoms. The number of hydrogen-bond donors (Lipinski definition) is 1. The van der Waals surface area contributed by atoms with Gasteiger partial charge in [-0.25, -0.2) is 0 Å². The van der Waals surface area contributed by atoms with Crippen molar-refractivity contribution >= 4 is 34.4 Å². The van der Waals surface area contributed by atoms with Crippen molar-refractivity contribution in [2.45, 2.75) is 32.7 Å². The van der Waals surface area contributed by atoms with E-state index in [-0.39, 0.29) is 23.8 Å².